The Bertz CT molecular complexity index is 1020. The number of imidazole rings is 1. The van der Waals surface area contributed by atoms with E-state index in [1.54, 1.807) is 16.5 Å². The van der Waals surface area contributed by atoms with Crippen molar-refractivity contribution in [2.24, 2.45) is 0 Å². The first-order valence-corrected chi connectivity index (χ1v) is 8.13. The number of aromatic nitrogens is 2. The maximum absolute atomic E-state index is 12.4. The maximum atomic E-state index is 12.4. The van der Waals surface area contributed by atoms with Crippen LogP contribution >= 0.6 is 0 Å². The van der Waals surface area contributed by atoms with Crippen molar-refractivity contribution in [3.63, 3.8) is 0 Å². The molecule has 2 N–H and O–H groups in total. The molecule has 3 rings (SSSR count). The number of fused-ring (bicyclic) bond motifs is 1. The molecular weight excluding hydrogens is 328 g/mol. The predicted octanol–water partition coefficient (Wildman–Crippen LogP) is 2.38. The van der Waals surface area contributed by atoms with Crippen LogP contribution in [0, 0.1) is 18.8 Å². The van der Waals surface area contributed by atoms with Crippen LogP contribution in [0.1, 0.15) is 28.7 Å². The molecule has 130 valence electrons. The van der Waals surface area contributed by atoms with Crippen molar-refractivity contribution in [3.8, 4) is 11.8 Å². The number of carbonyl (C=O) groups is 2. The quantitative estimate of drug-likeness (QED) is 0.715. The lowest BCUT2D eigenvalue weighted by Crippen LogP contribution is -2.25. The standard InChI is InChI=1S/C20H18N4O2/c1-14-19(24-13-4-3-7-18(24)22-14)20(26)21-12-5-6-16-8-10-17(11-9-16)23-15(2)25/h3-4,7-11,13H,12H2,1-2H3,(H,21,26)(H,23,25). The third-order valence-corrected chi connectivity index (χ3v) is 3.69. The Morgan fingerprint density at radius 1 is 1.15 bits per heavy atom. The maximum Gasteiger partial charge on any atom is 0.270 e. The van der Waals surface area contributed by atoms with E-state index in [2.05, 4.69) is 27.5 Å². The van der Waals surface area contributed by atoms with Gasteiger partial charge in [-0.25, -0.2) is 4.98 Å². The number of carbonyl (C=O) groups excluding carboxylic acids is 2. The summed E-state index contributed by atoms with van der Waals surface area (Å²) in [6, 6.07) is 12.8. The fourth-order valence-electron chi connectivity index (χ4n) is 2.58. The molecule has 0 spiro atoms. The number of nitrogens with one attached hydrogen (secondary N) is 2. The third-order valence-electron chi connectivity index (χ3n) is 3.69. The summed E-state index contributed by atoms with van der Waals surface area (Å²) in [5.41, 5.74) is 3.46. The predicted molar refractivity (Wildman–Crippen MR) is 99.9 cm³/mol. The van der Waals surface area contributed by atoms with Crippen LogP contribution in [-0.2, 0) is 4.79 Å². The molecule has 2 heterocycles. The molecule has 0 unspecified atom stereocenters. The molecule has 0 bridgehead atoms. The smallest absolute Gasteiger partial charge is 0.270 e. The van der Waals surface area contributed by atoms with Gasteiger partial charge in [0.2, 0.25) is 5.91 Å². The SMILES string of the molecule is CC(=O)Nc1ccc(C#CCNC(=O)c2c(C)nc3ccccn23)cc1. The van der Waals surface area contributed by atoms with Crippen molar-refractivity contribution in [3.05, 3.63) is 65.6 Å². The van der Waals surface area contributed by atoms with E-state index >= 15 is 0 Å². The monoisotopic (exact) mass is 346 g/mol. The van der Waals surface area contributed by atoms with Gasteiger partial charge in [-0.15, -0.1) is 0 Å². The van der Waals surface area contributed by atoms with E-state index in [1.165, 1.54) is 6.92 Å². The van der Waals surface area contributed by atoms with Crippen LogP contribution in [-0.4, -0.2) is 27.7 Å². The first-order chi connectivity index (χ1) is 12.5. The molecule has 0 atom stereocenters. The molecule has 0 aliphatic rings. The Balaban J connectivity index is 1.63. The molecule has 0 saturated heterocycles. The third kappa shape index (κ3) is 3.90. The second kappa shape index (κ2) is 7.53. The van der Waals surface area contributed by atoms with E-state index in [4.69, 9.17) is 0 Å². The molecule has 6 heteroatoms. The van der Waals surface area contributed by atoms with E-state index < -0.39 is 0 Å². The number of amides is 2. The van der Waals surface area contributed by atoms with E-state index in [-0.39, 0.29) is 18.4 Å². The molecular formula is C20H18N4O2. The highest BCUT2D eigenvalue weighted by molar-refractivity contribution is 5.94. The van der Waals surface area contributed by atoms with Crippen LogP contribution in [0.15, 0.2) is 48.7 Å². The minimum Gasteiger partial charge on any atom is -0.340 e. The van der Waals surface area contributed by atoms with Crippen molar-refractivity contribution in [2.75, 3.05) is 11.9 Å². The van der Waals surface area contributed by atoms with Gasteiger partial charge in [-0.2, -0.15) is 0 Å². The zero-order valence-electron chi connectivity index (χ0n) is 14.5. The number of rotatable bonds is 3. The first kappa shape index (κ1) is 17.2. The minimum atomic E-state index is -0.212. The normalized spacial score (nSPS) is 10.1. The largest absolute Gasteiger partial charge is 0.340 e. The molecule has 0 saturated carbocycles. The van der Waals surface area contributed by atoms with Crippen LogP contribution in [0.25, 0.3) is 5.65 Å². The number of hydrogen-bond donors (Lipinski definition) is 2. The lowest BCUT2D eigenvalue weighted by molar-refractivity contribution is -0.114. The van der Waals surface area contributed by atoms with Crippen LogP contribution in [0.5, 0.6) is 0 Å². The van der Waals surface area contributed by atoms with Gasteiger partial charge in [0, 0.05) is 24.4 Å². The molecule has 2 aromatic heterocycles. The van der Waals surface area contributed by atoms with Gasteiger partial charge in [0.25, 0.3) is 5.91 Å². The number of hydrogen-bond acceptors (Lipinski definition) is 3. The second-order valence-corrected chi connectivity index (χ2v) is 5.72. The molecule has 0 fully saturated rings. The zero-order valence-corrected chi connectivity index (χ0v) is 14.5. The lowest BCUT2D eigenvalue weighted by Gasteiger charge is -2.02. The summed E-state index contributed by atoms with van der Waals surface area (Å²) in [4.78, 5) is 27.8. The summed E-state index contributed by atoms with van der Waals surface area (Å²) in [5.74, 6) is 5.57. The molecule has 6 nitrogen and oxygen atoms in total. The minimum absolute atomic E-state index is 0.116. The molecule has 0 aliphatic heterocycles. The van der Waals surface area contributed by atoms with Crippen molar-refractivity contribution in [1.29, 1.82) is 0 Å². The van der Waals surface area contributed by atoms with Gasteiger partial charge in [0.1, 0.15) is 11.3 Å². The van der Waals surface area contributed by atoms with Crippen LogP contribution in [0.3, 0.4) is 0 Å². The van der Waals surface area contributed by atoms with Gasteiger partial charge < -0.3 is 10.6 Å². The van der Waals surface area contributed by atoms with Crippen molar-refractivity contribution >= 4 is 23.1 Å². The van der Waals surface area contributed by atoms with Crippen LogP contribution in [0.2, 0.25) is 0 Å². The number of benzene rings is 1. The number of aryl methyl sites for hydroxylation is 1. The summed E-state index contributed by atoms with van der Waals surface area (Å²) in [6.07, 6.45) is 1.81. The Morgan fingerprint density at radius 3 is 2.65 bits per heavy atom. The zero-order chi connectivity index (χ0) is 18.5. The topological polar surface area (TPSA) is 75.5 Å². The highest BCUT2D eigenvalue weighted by Gasteiger charge is 2.15. The van der Waals surface area contributed by atoms with Crippen molar-refractivity contribution in [2.45, 2.75) is 13.8 Å². The summed E-state index contributed by atoms with van der Waals surface area (Å²) in [7, 11) is 0. The van der Waals surface area contributed by atoms with Crippen LogP contribution < -0.4 is 10.6 Å². The summed E-state index contributed by atoms with van der Waals surface area (Å²) in [5, 5.41) is 5.49. The van der Waals surface area contributed by atoms with E-state index in [1.807, 2.05) is 43.5 Å². The molecule has 3 aromatic rings. The summed E-state index contributed by atoms with van der Waals surface area (Å²) >= 11 is 0. The summed E-state index contributed by atoms with van der Waals surface area (Å²) < 4.78 is 1.76. The summed E-state index contributed by atoms with van der Waals surface area (Å²) in [6.45, 7) is 3.50. The van der Waals surface area contributed by atoms with Gasteiger partial charge in [-0.05, 0) is 43.3 Å². The molecule has 0 radical (unpaired) electrons. The van der Waals surface area contributed by atoms with Crippen molar-refractivity contribution < 1.29 is 9.59 Å². The first-order valence-electron chi connectivity index (χ1n) is 8.13. The fraction of sp³-hybridized carbons (Fsp3) is 0.150. The van der Waals surface area contributed by atoms with E-state index in [0.29, 0.717) is 11.4 Å². The van der Waals surface area contributed by atoms with Crippen molar-refractivity contribution in [1.82, 2.24) is 14.7 Å². The van der Waals surface area contributed by atoms with Crippen LogP contribution in [0.4, 0.5) is 5.69 Å². The molecule has 2 amide bonds. The second-order valence-electron chi connectivity index (χ2n) is 5.72. The fourth-order valence-corrected chi connectivity index (χ4v) is 2.58. The molecule has 26 heavy (non-hydrogen) atoms. The Kier molecular flexibility index (Phi) is 4.99. The van der Waals surface area contributed by atoms with Gasteiger partial charge in [0.05, 0.1) is 12.2 Å². The van der Waals surface area contributed by atoms with Gasteiger partial charge in [-0.1, -0.05) is 17.9 Å². The Hall–Kier alpha value is -3.59. The Morgan fingerprint density at radius 2 is 1.92 bits per heavy atom. The lowest BCUT2D eigenvalue weighted by atomic mass is 10.2. The average molecular weight is 346 g/mol. The number of anilines is 1. The Labute approximate surface area is 151 Å². The average Bonchev–Trinajstić information content (AvgIpc) is 2.95. The van der Waals surface area contributed by atoms with E-state index in [9.17, 15) is 9.59 Å². The van der Waals surface area contributed by atoms with Gasteiger partial charge in [-0.3, -0.25) is 14.0 Å². The highest BCUT2D eigenvalue weighted by Crippen LogP contribution is 2.11. The number of nitrogens with zero attached hydrogens (tertiary/aromatic N) is 2. The van der Waals surface area contributed by atoms with Gasteiger partial charge >= 0.3 is 0 Å². The molecule has 1 aromatic carbocycles. The highest BCUT2D eigenvalue weighted by atomic mass is 16.2. The number of pyridine rings is 1. The molecule has 0 aliphatic carbocycles. The van der Waals surface area contributed by atoms with Gasteiger partial charge in [0.15, 0.2) is 0 Å². The van der Waals surface area contributed by atoms with E-state index in [0.717, 1.165) is 16.9 Å².